The van der Waals surface area contributed by atoms with Gasteiger partial charge in [-0.1, -0.05) is 6.07 Å². The monoisotopic (exact) mass is 368 g/mol. The Bertz CT molecular complexity index is 1050. The zero-order valence-electron chi connectivity index (χ0n) is 14.8. The fourth-order valence-electron chi connectivity index (χ4n) is 3.37. The highest BCUT2D eigenvalue weighted by Gasteiger charge is 2.20. The standard InChI is InChI=1S/C20H18F2N4O/c1-12-24-19-6-7-26(11-16(19)20(27)25-12)10-13-2-5-18(23-9-13)15-4-3-14(21)8-17(15)22/h2-5,8-9H,6-7,10-11H2,1H3,(H,24,25,27). The molecule has 0 atom stereocenters. The van der Waals surface area contributed by atoms with E-state index >= 15 is 0 Å². The van der Waals surface area contributed by atoms with E-state index in [2.05, 4.69) is 19.9 Å². The number of pyridine rings is 1. The van der Waals surface area contributed by atoms with Gasteiger partial charge in [0.15, 0.2) is 0 Å². The van der Waals surface area contributed by atoms with Crippen molar-refractivity contribution in [2.24, 2.45) is 0 Å². The van der Waals surface area contributed by atoms with Crippen molar-refractivity contribution in [3.05, 3.63) is 81.2 Å². The molecule has 0 radical (unpaired) electrons. The Labute approximate surface area is 154 Å². The number of nitrogens with one attached hydrogen (secondary N) is 1. The average Bonchev–Trinajstić information content (AvgIpc) is 2.63. The molecule has 0 unspecified atom stereocenters. The Hall–Kier alpha value is -2.93. The first-order chi connectivity index (χ1) is 13.0. The predicted molar refractivity (Wildman–Crippen MR) is 97.0 cm³/mol. The third-order valence-electron chi connectivity index (χ3n) is 4.70. The van der Waals surface area contributed by atoms with E-state index in [1.807, 2.05) is 6.07 Å². The summed E-state index contributed by atoms with van der Waals surface area (Å²) >= 11 is 0. The molecule has 1 aliphatic rings. The van der Waals surface area contributed by atoms with Crippen LogP contribution in [0.4, 0.5) is 8.78 Å². The Kier molecular flexibility index (Phi) is 4.53. The number of H-pyrrole nitrogens is 1. The number of hydrogen-bond donors (Lipinski definition) is 1. The number of halogens is 2. The highest BCUT2D eigenvalue weighted by Crippen LogP contribution is 2.22. The molecule has 4 rings (SSSR count). The van der Waals surface area contributed by atoms with Crippen molar-refractivity contribution in [2.45, 2.75) is 26.4 Å². The zero-order valence-corrected chi connectivity index (χ0v) is 14.8. The molecule has 27 heavy (non-hydrogen) atoms. The lowest BCUT2D eigenvalue weighted by Gasteiger charge is -2.27. The number of benzene rings is 1. The summed E-state index contributed by atoms with van der Waals surface area (Å²) in [5, 5.41) is 0. The van der Waals surface area contributed by atoms with E-state index in [9.17, 15) is 13.6 Å². The van der Waals surface area contributed by atoms with E-state index in [-0.39, 0.29) is 11.1 Å². The summed E-state index contributed by atoms with van der Waals surface area (Å²) in [4.78, 5) is 25.8. The summed E-state index contributed by atoms with van der Waals surface area (Å²) in [5.74, 6) is -0.608. The molecule has 0 aliphatic carbocycles. The van der Waals surface area contributed by atoms with Crippen LogP contribution in [0.25, 0.3) is 11.3 Å². The minimum absolute atomic E-state index is 0.0811. The van der Waals surface area contributed by atoms with Crippen LogP contribution in [0, 0.1) is 18.6 Å². The lowest BCUT2D eigenvalue weighted by atomic mass is 10.1. The number of hydrogen-bond acceptors (Lipinski definition) is 4. The molecule has 2 aromatic heterocycles. The normalized spacial score (nSPS) is 14.2. The second kappa shape index (κ2) is 7.00. The van der Waals surface area contributed by atoms with E-state index < -0.39 is 11.6 Å². The van der Waals surface area contributed by atoms with Gasteiger partial charge < -0.3 is 4.98 Å². The minimum Gasteiger partial charge on any atom is -0.310 e. The van der Waals surface area contributed by atoms with Crippen molar-refractivity contribution in [3.63, 3.8) is 0 Å². The second-order valence-corrected chi connectivity index (χ2v) is 6.71. The molecule has 0 bridgehead atoms. The van der Waals surface area contributed by atoms with E-state index in [4.69, 9.17) is 0 Å². The summed E-state index contributed by atoms with van der Waals surface area (Å²) in [6.45, 7) is 3.75. The van der Waals surface area contributed by atoms with Crippen LogP contribution >= 0.6 is 0 Å². The topological polar surface area (TPSA) is 61.9 Å². The zero-order chi connectivity index (χ0) is 19.0. The maximum Gasteiger partial charge on any atom is 0.255 e. The van der Waals surface area contributed by atoms with Crippen LogP contribution in [0.15, 0.2) is 41.3 Å². The van der Waals surface area contributed by atoms with E-state index in [1.165, 1.54) is 12.1 Å². The van der Waals surface area contributed by atoms with Gasteiger partial charge in [0.1, 0.15) is 17.5 Å². The Morgan fingerprint density at radius 1 is 1.22 bits per heavy atom. The molecule has 0 amide bonds. The highest BCUT2D eigenvalue weighted by atomic mass is 19.1. The van der Waals surface area contributed by atoms with Crippen LogP contribution in [0.2, 0.25) is 0 Å². The molecule has 0 saturated heterocycles. The molecule has 3 aromatic rings. The van der Waals surface area contributed by atoms with Gasteiger partial charge in [0.05, 0.1) is 17.0 Å². The van der Waals surface area contributed by atoms with Crippen LogP contribution in [0.5, 0.6) is 0 Å². The molecule has 5 nitrogen and oxygen atoms in total. The van der Waals surface area contributed by atoms with Crippen molar-refractivity contribution >= 4 is 0 Å². The lowest BCUT2D eigenvalue weighted by molar-refractivity contribution is 0.241. The van der Waals surface area contributed by atoms with Crippen LogP contribution in [-0.2, 0) is 19.5 Å². The number of fused-ring (bicyclic) bond motifs is 1. The van der Waals surface area contributed by atoms with E-state index in [0.29, 0.717) is 30.2 Å². The van der Waals surface area contributed by atoms with Gasteiger partial charge in [0.25, 0.3) is 5.56 Å². The third kappa shape index (κ3) is 3.64. The van der Waals surface area contributed by atoms with E-state index in [0.717, 1.165) is 30.3 Å². The van der Waals surface area contributed by atoms with Crippen LogP contribution in [0.1, 0.15) is 22.6 Å². The molecule has 1 aromatic carbocycles. The van der Waals surface area contributed by atoms with Gasteiger partial charge in [-0.3, -0.25) is 14.7 Å². The fourth-order valence-corrected chi connectivity index (χ4v) is 3.37. The first kappa shape index (κ1) is 17.5. The number of nitrogens with zero attached hydrogens (tertiary/aromatic N) is 3. The molecule has 3 heterocycles. The quantitative estimate of drug-likeness (QED) is 0.772. The smallest absolute Gasteiger partial charge is 0.255 e. The lowest BCUT2D eigenvalue weighted by Crippen LogP contribution is -2.35. The van der Waals surface area contributed by atoms with Gasteiger partial charge in [-0.2, -0.15) is 0 Å². The highest BCUT2D eigenvalue weighted by molar-refractivity contribution is 5.59. The molecule has 7 heteroatoms. The number of aromatic amines is 1. The van der Waals surface area contributed by atoms with Crippen LogP contribution in [0.3, 0.4) is 0 Å². The van der Waals surface area contributed by atoms with Gasteiger partial charge in [-0.05, 0) is 30.7 Å². The average molecular weight is 368 g/mol. The van der Waals surface area contributed by atoms with Gasteiger partial charge in [0.2, 0.25) is 0 Å². The van der Waals surface area contributed by atoms with Gasteiger partial charge >= 0.3 is 0 Å². The summed E-state index contributed by atoms with van der Waals surface area (Å²) in [6, 6.07) is 7.05. The van der Waals surface area contributed by atoms with Crippen molar-refractivity contribution in [1.82, 2.24) is 19.9 Å². The van der Waals surface area contributed by atoms with Crippen LogP contribution < -0.4 is 5.56 Å². The predicted octanol–water partition coefficient (Wildman–Crippen LogP) is 2.98. The number of rotatable bonds is 3. The van der Waals surface area contributed by atoms with E-state index in [1.54, 1.807) is 19.2 Å². The van der Waals surface area contributed by atoms with Crippen LogP contribution in [-0.4, -0.2) is 26.4 Å². The molecular weight excluding hydrogens is 350 g/mol. The fraction of sp³-hybridized carbons (Fsp3) is 0.250. The summed E-state index contributed by atoms with van der Waals surface area (Å²) < 4.78 is 26.9. The van der Waals surface area contributed by atoms with Crippen molar-refractivity contribution < 1.29 is 8.78 Å². The Morgan fingerprint density at radius 2 is 2.07 bits per heavy atom. The number of aromatic nitrogens is 3. The molecule has 0 spiro atoms. The first-order valence-electron chi connectivity index (χ1n) is 8.71. The molecule has 1 N–H and O–H groups in total. The Morgan fingerprint density at radius 3 is 2.81 bits per heavy atom. The van der Waals surface area contributed by atoms with Crippen molar-refractivity contribution in [3.8, 4) is 11.3 Å². The molecule has 1 aliphatic heterocycles. The second-order valence-electron chi connectivity index (χ2n) is 6.71. The summed E-state index contributed by atoms with van der Waals surface area (Å²) in [6.07, 6.45) is 2.41. The maximum atomic E-state index is 13.9. The number of aryl methyl sites for hydroxylation is 1. The maximum absolute atomic E-state index is 13.9. The molecule has 0 fully saturated rings. The van der Waals surface area contributed by atoms with Gasteiger partial charge in [0, 0.05) is 43.9 Å². The van der Waals surface area contributed by atoms with Crippen molar-refractivity contribution in [2.75, 3.05) is 6.54 Å². The summed E-state index contributed by atoms with van der Waals surface area (Å²) in [5.41, 5.74) is 3.18. The SMILES string of the molecule is Cc1nc2c(c(=O)[nH]1)CN(Cc1ccc(-c3ccc(F)cc3F)nc1)CC2. The molecule has 138 valence electrons. The largest absolute Gasteiger partial charge is 0.310 e. The molecular formula is C20H18F2N4O. The van der Waals surface area contributed by atoms with Crippen molar-refractivity contribution in [1.29, 1.82) is 0 Å². The van der Waals surface area contributed by atoms with Gasteiger partial charge in [-0.25, -0.2) is 13.8 Å². The molecule has 0 saturated carbocycles. The third-order valence-corrected chi connectivity index (χ3v) is 4.70. The van der Waals surface area contributed by atoms with Gasteiger partial charge in [-0.15, -0.1) is 0 Å². The Balaban J connectivity index is 1.50. The first-order valence-corrected chi connectivity index (χ1v) is 8.71. The minimum atomic E-state index is -0.634. The summed E-state index contributed by atoms with van der Waals surface area (Å²) in [7, 11) is 0.